The fourth-order valence-electron chi connectivity index (χ4n) is 3.84. The number of nitrogens with zero attached hydrogens (tertiary/aromatic N) is 6. The number of aryl methyl sites for hydroxylation is 1. The molecule has 0 radical (unpaired) electrons. The van der Waals surface area contributed by atoms with Gasteiger partial charge in [-0.2, -0.15) is 14.0 Å². The number of anilines is 2. The molecule has 0 aliphatic heterocycles. The van der Waals surface area contributed by atoms with Gasteiger partial charge in [-0.1, -0.05) is 25.7 Å². The number of ether oxygens (including phenoxy) is 1. The van der Waals surface area contributed by atoms with Crippen LogP contribution in [0.15, 0.2) is 54.9 Å². The lowest BCUT2D eigenvalue weighted by Crippen LogP contribution is -2.22. The third-order valence-electron chi connectivity index (χ3n) is 5.74. The van der Waals surface area contributed by atoms with Crippen LogP contribution >= 0.6 is 0 Å². The first-order valence-corrected chi connectivity index (χ1v) is 15.3. The number of pyridine rings is 2. The molecule has 0 aliphatic rings. The van der Waals surface area contributed by atoms with E-state index in [1.54, 1.807) is 16.9 Å². The zero-order chi connectivity index (χ0) is 24.6. The lowest BCUT2D eigenvalue weighted by atomic mass is 10.2. The van der Waals surface area contributed by atoms with Gasteiger partial charge in [0, 0.05) is 50.2 Å². The van der Waals surface area contributed by atoms with Gasteiger partial charge in [0.15, 0.2) is 11.6 Å². The van der Waals surface area contributed by atoms with Crippen molar-refractivity contribution in [2.45, 2.75) is 39.3 Å². The van der Waals surface area contributed by atoms with Crippen LogP contribution < -0.4 is 5.32 Å². The van der Waals surface area contributed by atoms with Crippen molar-refractivity contribution in [3.05, 3.63) is 66.5 Å². The van der Waals surface area contributed by atoms with Gasteiger partial charge in [0.25, 0.3) is 0 Å². The Morgan fingerprint density at radius 2 is 1.89 bits per heavy atom. The Hall–Kier alpha value is -3.63. The van der Waals surface area contributed by atoms with Crippen molar-refractivity contribution in [2.75, 3.05) is 11.9 Å². The average Bonchev–Trinajstić information content (AvgIpc) is 3.41. The Kier molecular flexibility index (Phi) is 6.08. The summed E-state index contributed by atoms with van der Waals surface area (Å²) in [6.07, 6.45) is 3.35. The molecule has 0 spiro atoms. The predicted octanol–water partition coefficient (Wildman–Crippen LogP) is 5.64. The second kappa shape index (κ2) is 9.20. The minimum Gasteiger partial charge on any atom is -0.361 e. The summed E-state index contributed by atoms with van der Waals surface area (Å²) in [6.45, 7) is 9.55. The van der Waals surface area contributed by atoms with Crippen LogP contribution in [0.4, 0.5) is 15.9 Å². The molecular formula is C25H28FN7OSi. The molecule has 180 valence electrons. The van der Waals surface area contributed by atoms with Crippen LogP contribution in [-0.4, -0.2) is 43.8 Å². The molecule has 0 atom stereocenters. The minimum atomic E-state index is -1.22. The van der Waals surface area contributed by atoms with Crippen LogP contribution in [0.25, 0.3) is 28.1 Å². The van der Waals surface area contributed by atoms with E-state index in [-0.39, 0.29) is 6.73 Å². The van der Waals surface area contributed by atoms with Crippen molar-refractivity contribution in [2.24, 2.45) is 0 Å². The number of halogens is 1. The highest BCUT2D eigenvalue weighted by Crippen LogP contribution is 2.29. The van der Waals surface area contributed by atoms with Crippen LogP contribution in [-0.2, 0) is 11.5 Å². The summed E-state index contributed by atoms with van der Waals surface area (Å²) < 4.78 is 23.9. The van der Waals surface area contributed by atoms with E-state index in [4.69, 9.17) is 9.72 Å². The minimum absolute atomic E-state index is 0.123. The van der Waals surface area contributed by atoms with Crippen LogP contribution in [0, 0.1) is 12.9 Å². The molecule has 8 nitrogen and oxygen atoms in total. The van der Waals surface area contributed by atoms with E-state index in [0.29, 0.717) is 40.5 Å². The molecule has 35 heavy (non-hydrogen) atoms. The lowest BCUT2D eigenvalue weighted by Gasteiger charge is -2.16. The average molecular weight is 490 g/mol. The summed E-state index contributed by atoms with van der Waals surface area (Å²) >= 11 is 0. The predicted molar refractivity (Wildman–Crippen MR) is 138 cm³/mol. The molecule has 0 bridgehead atoms. The Morgan fingerprint density at radius 1 is 1.03 bits per heavy atom. The summed E-state index contributed by atoms with van der Waals surface area (Å²) in [5, 5.41) is 8.46. The first kappa shape index (κ1) is 23.1. The second-order valence-electron chi connectivity index (χ2n) is 9.76. The van der Waals surface area contributed by atoms with E-state index < -0.39 is 14.0 Å². The number of fused-ring (bicyclic) bond motifs is 2. The van der Waals surface area contributed by atoms with E-state index in [1.807, 2.05) is 43.3 Å². The van der Waals surface area contributed by atoms with E-state index in [9.17, 15) is 4.39 Å². The largest absolute Gasteiger partial charge is 0.361 e. The molecule has 0 unspecified atom stereocenters. The maximum Gasteiger partial charge on any atom is 0.197 e. The number of aromatic nitrogens is 6. The normalized spacial score (nSPS) is 12.0. The van der Waals surface area contributed by atoms with Crippen LogP contribution in [0.5, 0.6) is 0 Å². The highest BCUT2D eigenvalue weighted by molar-refractivity contribution is 6.76. The first-order valence-electron chi connectivity index (χ1n) is 11.6. The molecule has 0 aliphatic carbocycles. The third-order valence-corrected chi connectivity index (χ3v) is 7.44. The fourth-order valence-corrected chi connectivity index (χ4v) is 4.60. The molecule has 5 heterocycles. The highest BCUT2D eigenvalue weighted by Gasteiger charge is 2.17. The van der Waals surface area contributed by atoms with Gasteiger partial charge in [0.1, 0.15) is 18.2 Å². The number of hydrogen-bond donors (Lipinski definition) is 1. The molecular weight excluding hydrogens is 461 g/mol. The van der Waals surface area contributed by atoms with Gasteiger partial charge in [0.2, 0.25) is 0 Å². The Bertz CT molecular complexity index is 1510. The van der Waals surface area contributed by atoms with E-state index in [1.165, 1.54) is 10.6 Å². The molecule has 5 aromatic rings. The van der Waals surface area contributed by atoms with Crippen molar-refractivity contribution < 1.29 is 9.13 Å². The van der Waals surface area contributed by atoms with Crippen molar-refractivity contribution in [1.29, 1.82) is 0 Å². The fraction of sp³-hybridized carbons (Fsp3) is 0.280. The maximum atomic E-state index is 14.9. The Morgan fingerprint density at radius 3 is 2.69 bits per heavy atom. The lowest BCUT2D eigenvalue weighted by molar-refractivity contribution is 0.0823. The van der Waals surface area contributed by atoms with Crippen molar-refractivity contribution >= 4 is 36.3 Å². The highest BCUT2D eigenvalue weighted by atomic mass is 28.3. The topological polar surface area (TPSA) is 82.2 Å². The molecule has 0 amide bonds. The molecule has 1 N–H and O–H groups in total. The van der Waals surface area contributed by atoms with Gasteiger partial charge in [-0.3, -0.25) is 9.55 Å². The Balaban J connectivity index is 1.48. The standard InChI is InChI=1S/C25H28FN7OSi/c1-17-6-5-7-20(29-17)21-15-24(33-23(31-21)9-11-28-33)30-19-8-10-27-25-18(19)14-22(26)32(25)16-34-12-13-35(2,3)4/h5-11,14-15H,12-13,16H2,1-4H3,(H,27,30). The number of rotatable bonds is 8. The summed E-state index contributed by atoms with van der Waals surface area (Å²) in [7, 11) is -1.22. The molecule has 0 saturated heterocycles. The molecule has 0 saturated carbocycles. The monoisotopic (exact) mass is 489 g/mol. The quantitative estimate of drug-likeness (QED) is 0.224. The third kappa shape index (κ3) is 4.93. The molecule has 5 aromatic heterocycles. The van der Waals surface area contributed by atoms with Crippen LogP contribution in [0.3, 0.4) is 0 Å². The summed E-state index contributed by atoms with van der Waals surface area (Å²) in [4.78, 5) is 13.7. The van der Waals surface area contributed by atoms with E-state index in [2.05, 4.69) is 40.0 Å². The summed E-state index contributed by atoms with van der Waals surface area (Å²) in [5.74, 6) is 0.295. The zero-order valence-corrected chi connectivity index (χ0v) is 21.3. The molecule has 5 rings (SSSR count). The SMILES string of the molecule is Cc1cccc(-c2cc(Nc3ccnc4c3cc(F)n4COCC[Si](C)(C)C)n3nccc3n2)n1. The molecule has 0 fully saturated rings. The van der Waals surface area contributed by atoms with Crippen molar-refractivity contribution in [3.8, 4) is 11.4 Å². The van der Waals surface area contributed by atoms with Gasteiger partial charge in [0.05, 0.1) is 23.3 Å². The summed E-state index contributed by atoms with van der Waals surface area (Å²) in [6, 6.07) is 13.9. The zero-order valence-electron chi connectivity index (χ0n) is 20.3. The number of nitrogens with one attached hydrogen (secondary N) is 1. The van der Waals surface area contributed by atoms with Gasteiger partial charge in [-0.05, 0) is 31.2 Å². The van der Waals surface area contributed by atoms with Crippen molar-refractivity contribution in [1.82, 2.24) is 29.1 Å². The first-order chi connectivity index (χ1) is 16.8. The molecule has 10 heteroatoms. The smallest absolute Gasteiger partial charge is 0.197 e. The summed E-state index contributed by atoms with van der Waals surface area (Å²) in [5.41, 5.74) is 4.30. The van der Waals surface area contributed by atoms with Gasteiger partial charge >= 0.3 is 0 Å². The van der Waals surface area contributed by atoms with Gasteiger partial charge in [-0.25, -0.2) is 9.97 Å². The molecule has 0 aromatic carbocycles. The van der Waals surface area contributed by atoms with Crippen LogP contribution in [0.2, 0.25) is 25.7 Å². The van der Waals surface area contributed by atoms with Gasteiger partial charge < -0.3 is 10.1 Å². The second-order valence-corrected chi connectivity index (χ2v) is 15.4. The van der Waals surface area contributed by atoms with Gasteiger partial charge in [-0.15, -0.1) is 0 Å². The van der Waals surface area contributed by atoms with Crippen LogP contribution in [0.1, 0.15) is 5.69 Å². The maximum absolute atomic E-state index is 14.9. The number of hydrogen-bond acceptors (Lipinski definition) is 6. The Labute approximate surface area is 203 Å². The van der Waals surface area contributed by atoms with E-state index in [0.717, 1.165) is 17.4 Å². The van der Waals surface area contributed by atoms with E-state index >= 15 is 0 Å². The van der Waals surface area contributed by atoms with Crippen molar-refractivity contribution in [3.63, 3.8) is 0 Å².